The van der Waals surface area contributed by atoms with Crippen molar-refractivity contribution in [2.24, 2.45) is 5.73 Å². The maximum absolute atomic E-state index is 10.6. The highest BCUT2D eigenvalue weighted by molar-refractivity contribution is 7.90. The monoisotopic (exact) mass is 213 g/mol. The summed E-state index contributed by atoms with van der Waals surface area (Å²) in [6, 6.07) is 0. The standard InChI is InChI=1S/C5H11NO4S2/c1-12(9,10)3-2-5(6,11)4(7)8/h11H,2-3,6H2,1H3,(H,7,8). The summed E-state index contributed by atoms with van der Waals surface area (Å²) >= 11 is 3.61. The number of carboxylic acid groups (broad SMARTS) is 1. The van der Waals surface area contributed by atoms with Gasteiger partial charge in [0.25, 0.3) is 0 Å². The summed E-state index contributed by atoms with van der Waals surface area (Å²) in [4.78, 5) is 8.58. The van der Waals surface area contributed by atoms with Gasteiger partial charge in [-0.15, -0.1) is 12.6 Å². The Morgan fingerprint density at radius 2 is 2.08 bits per heavy atom. The van der Waals surface area contributed by atoms with Crippen molar-refractivity contribution in [3.63, 3.8) is 0 Å². The highest BCUT2D eigenvalue weighted by atomic mass is 32.2. The van der Waals surface area contributed by atoms with E-state index in [2.05, 4.69) is 12.6 Å². The zero-order chi connectivity index (χ0) is 9.99. The molecule has 3 N–H and O–H groups in total. The minimum Gasteiger partial charge on any atom is -0.479 e. The van der Waals surface area contributed by atoms with Crippen molar-refractivity contribution in [2.45, 2.75) is 11.3 Å². The van der Waals surface area contributed by atoms with Crippen LogP contribution in [0.15, 0.2) is 0 Å². The molecule has 0 aromatic heterocycles. The maximum atomic E-state index is 10.6. The first kappa shape index (κ1) is 11.7. The molecule has 0 bridgehead atoms. The van der Waals surface area contributed by atoms with Crippen molar-refractivity contribution >= 4 is 28.4 Å². The van der Waals surface area contributed by atoms with Gasteiger partial charge in [-0.25, -0.2) is 13.2 Å². The average molecular weight is 213 g/mol. The first-order valence-corrected chi connectivity index (χ1v) is 5.58. The third-order valence-corrected chi connectivity index (χ3v) is 2.58. The molecular formula is C5H11NO4S2. The second kappa shape index (κ2) is 3.63. The summed E-state index contributed by atoms with van der Waals surface area (Å²) in [6.07, 6.45) is 0.809. The van der Waals surface area contributed by atoms with Crippen LogP contribution in [0, 0.1) is 0 Å². The van der Waals surface area contributed by atoms with Gasteiger partial charge >= 0.3 is 5.97 Å². The van der Waals surface area contributed by atoms with Crippen LogP contribution in [-0.2, 0) is 14.6 Å². The van der Waals surface area contributed by atoms with E-state index in [1.165, 1.54) is 0 Å². The number of thiol groups is 1. The Morgan fingerprint density at radius 3 is 2.33 bits per heavy atom. The van der Waals surface area contributed by atoms with Gasteiger partial charge < -0.3 is 10.8 Å². The number of rotatable bonds is 4. The lowest BCUT2D eigenvalue weighted by atomic mass is 10.2. The number of aliphatic carboxylic acids is 1. The highest BCUT2D eigenvalue weighted by Gasteiger charge is 2.30. The molecule has 12 heavy (non-hydrogen) atoms. The van der Waals surface area contributed by atoms with Crippen molar-refractivity contribution in [1.29, 1.82) is 0 Å². The predicted molar refractivity (Wildman–Crippen MR) is 47.9 cm³/mol. The molecule has 0 rings (SSSR count). The number of carbonyl (C=O) groups is 1. The maximum Gasteiger partial charge on any atom is 0.333 e. The zero-order valence-corrected chi connectivity index (χ0v) is 8.23. The van der Waals surface area contributed by atoms with Crippen molar-refractivity contribution in [3.8, 4) is 0 Å². The highest BCUT2D eigenvalue weighted by Crippen LogP contribution is 2.12. The van der Waals surface area contributed by atoms with Crippen molar-refractivity contribution in [2.75, 3.05) is 12.0 Å². The van der Waals surface area contributed by atoms with Crippen LogP contribution in [0.25, 0.3) is 0 Å². The molecule has 7 heteroatoms. The van der Waals surface area contributed by atoms with Gasteiger partial charge in [0.1, 0.15) is 9.84 Å². The van der Waals surface area contributed by atoms with Crippen LogP contribution in [0.4, 0.5) is 0 Å². The Kier molecular flexibility index (Phi) is 3.55. The second-order valence-electron chi connectivity index (χ2n) is 2.61. The molecule has 0 spiro atoms. The topological polar surface area (TPSA) is 97.5 Å². The molecule has 0 aromatic carbocycles. The Labute approximate surface area is 76.3 Å². The first-order chi connectivity index (χ1) is 5.15. The van der Waals surface area contributed by atoms with Crippen LogP contribution in [-0.4, -0.2) is 36.4 Å². The van der Waals surface area contributed by atoms with Crippen LogP contribution in [0.3, 0.4) is 0 Å². The predicted octanol–water partition coefficient (Wildman–Crippen LogP) is -0.909. The van der Waals surface area contributed by atoms with Crippen LogP contribution in [0.1, 0.15) is 6.42 Å². The summed E-state index contributed by atoms with van der Waals surface area (Å²) in [7, 11) is -3.18. The summed E-state index contributed by atoms with van der Waals surface area (Å²) in [5.74, 6) is -1.60. The first-order valence-electron chi connectivity index (χ1n) is 3.07. The van der Waals surface area contributed by atoms with E-state index in [1.807, 2.05) is 0 Å². The summed E-state index contributed by atoms with van der Waals surface area (Å²) in [5.41, 5.74) is 5.17. The zero-order valence-electron chi connectivity index (χ0n) is 6.52. The second-order valence-corrected chi connectivity index (χ2v) is 5.67. The molecule has 0 saturated carbocycles. The van der Waals surface area contributed by atoms with Crippen LogP contribution in [0.2, 0.25) is 0 Å². The van der Waals surface area contributed by atoms with Gasteiger partial charge in [-0.05, 0) is 6.42 Å². The Bertz CT molecular complexity index is 269. The molecule has 0 aliphatic rings. The lowest BCUT2D eigenvalue weighted by Gasteiger charge is -2.16. The van der Waals surface area contributed by atoms with Gasteiger partial charge in [-0.3, -0.25) is 0 Å². The third kappa shape index (κ3) is 4.58. The fraction of sp³-hybridized carbons (Fsp3) is 0.800. The molecule has 0 amide bonds. The van der Waals surface area contributed by atoms with Crippen LogP contribution < -0.4 is 5.73 Å². The van der Waals surface area contributed by atoms with Gasteiger partial charge in [0.15, 0.2) is 4.87 Å². The molecule has 0 aliphatic carbocycles. The lowest BCUT2D eigenvalue weighted by molar-refractivity contribution is -0.139. The minimum atomic E-state index is -3.18. The normalized spacial score (nSPS) is 16.9. The van der Waals surface area contributed by atoms with E-state index in [-0.39, 0.29) is 12.2 Å². The Hall–Kier alpha value is -0.270. The molecule has 0 aromatic rings. The van der Waals surface area contributed by atoms with Crippen molar-refractivity contribution < 1.29 is 18.3 Å². The van der Waals surface area contributed by atoms with E-state index < -0.39 is 20.7 Å². The van der Waals surface area contributed by atoms with E-state index in [0.717, 1.165) is 6.26 Å². The van der Waals surface area contributed by atoms with Crippen LogP contribution in [0.5, 0.6) is 0 Å². The molecule has 0 heterocycles. The van der Waals surface area contributed by atoms with Crippen molar-refractivity contribution in [3.05, 3.63) is 0 Å². The van der Waals surface area contributed by atoms with Gasteiger partial charge in [0, 0.05) is 6.26 Å². The number of nitrogens with two attached hydrogens (primary N) is 1. The number of hydrogen-bond donors (Lipinski definition) is 3. The Balaban J connectivity index is 4.20. The number of carboxylic acids is 1. The lowest BCUT2D eigenvalue weighted by Crippen LogP contribution is -2.43. The minimum absolute atomic E-state index is 0.204. The van der Waals surface area contributed by atoms with Gasteiger partial charge in [0.05, 0.1) is 5.75 Å². The smallest absolute Gasteiger partial charge is 0.333 e. The van der Waals surface area contributed by atoms with Gasteiger partial charge in [-0.2, -0.15) is 0 Å². The van der Waals surface area contributed by atoms with E-state index in [0.29, 0.717) is 0 Å². The van der Waals surface area contributed by atoms with E-state index in [4.69, 9.17) is 10.8 Å². The molecule has 0 aliphatic heterocycles. The molecule has 1 atom stereocenters. The molecule has 0 saturated heterocycles. The SMILES string of the molecule is CS(=O)(=O)CCC(N)(S)C(=O)O. The molecular weight excluding hydrogens is 202 g/mol. The number of hydrogen-bond acceptors (Lipinski definition) is 5. The largest absolute Gasteiger partial charge is 0.479 e. The summed E-state index contributed by atoms with van der Waals surface area (Å²) in [6.45, 7) is 0. The molecule has 0 radical (unpaired) electrons. The van der Waals surface area contributed by atoms with Crippen molar-refractivity contribution in [1.82, 2.24) is 0 Å². The summed E-state index contributed by atoms with van der Waals surface area (Å²) < 4.78 is 21.2. The summed E-state index contributed by atoms with van der Waals surface area (Å²) in [5, 5.41) is 8.44. The molecule has 0 fully saturated rings. The molecule has 72 valence electrons. The van der Waals surface area contributed by atoms with Gasteiger partial charge in [-0.1, -0.05) is 0 Å². The van der Waals surface area contributed by atoms with E-state index >= 15 is 0 Å². The fourth-order valence-corrected chi connectivity index (χ4v) is 1.40. The van der Waals surface area contributed by atoms with E-state index in [1.54, 1.807) is 0 Å². The quantitative estimate of drug-likeness (QED) is 0.415. The van der Waals surface area contributed by atoms with Crippen LogP contribution >= 0.6 is 12.6 Å². The average Bonchev–Trinajstić information content (AvgIpc) is 1.82. The van der Waals surface area contributed by atoms with Gasteiger partial charge in [0.2, 0.25) is 0 Å². The Morgan fingerprint density at radius 1 is 1.67 bits per heavy atom. The molecule has 1 unspecified atom stereocenters. The van der Waals surface area contributed by atoms with E-state index in [9.17, 15) is 13.2 Å². The third-order valence-electron chi connectivity index (χ3n) is 1.22. The molecule has 5 nitrogen and oxygen atoms in total. The number of sulfone groups is 1. The fourth-order valence-electron chi connectivity index (χ4n) is 0.448.